The van der Waals surface area contributed by atoms with Crippen LogP contribution in [0.5, 0.6) is 0 Å². The second-order valence-corrected chi connectivity index (χ2v) is 4.70. The van der Waals surface area contributed by atoms with Crippen molar-refractivity contribution < 1.29 is 4.42 Å². The highest BCUT2D eigenvalue weighted by molar-refractivity contribution is 9.10. The monoisotopic (exact) mass is 263 g/mol. The Labute approximate surface area is 91.4 Å². The maximum atomic E-state index is 5.78. The van der Waals surface area contributed by atoms with Crippen LogP contribution in [0.2, 0.25) is 0 Å². The molecule has 0 spiro atoms. The lowest BCUT2D eigenvalue weighted by Crippen LogP contribution is -2.21. The molecule has 0 bridgehead atoms. The summed E-state index contributed by atoms with van der Waals surface area (Å²) in [4.78, 5) is 0. The fourth-order valence-corrected chi connectivity index (χ4v) is 2.21. The molecule has 1 unspecified atom stereocenters. The molecule has 0 fully saturated rings. The number of thioether (sulfide) groups is 1. The molecular formula is C9H14BrNOS. The molecule has 13 heavy (non-hydrogen) atoms. The maximum Gasteiger partial charge on any atom is 0.169 e. The number of halogens is 1. The Morgan fingerprint density at radius 3 is 2.92 bits per heavy atom. The quantitative estimate of drug-likeness (QED) is 0.888. The highest BCUT2D eigenvalue weighted by Crippen LogP contribution is 2.19. The van der Waals surface area contributed by atoms with Crippen molar-refractivity contribution in [3.63, 3.8) is 0 Å². The van der Waals surface area contributed by atoms with Gasteiger partial charge in [-0.25, -0.2) is 0 Å². The molecule has 1 heterocycles. The van der Waals surface area contributed by atoms with Gasteiger partial charge in [0.25, 0.3) is 0 Å². The van der Waals surface area contributed by atoms with Crippen molar-refractivity contribution in [3.05, 3.63) is 22.6 Å². The third-order valence-corrected chi connectivity index (χ3v) is 3.31. The predicted octanol–water partition coefficient (Wildman–Crippen LogP) is 3.01. The zero-order chi connectivity index (χ0) is 9.68. The van der Waals surface area contributed by atoms with Gasteiger partial charge in [0.2, 0.25) is 0 Å². The van der Waals surface area contributed by atoms with Crippen LogP contribution >= 0.6 is 27.7 Å². The van der Waals surface area contributed by atoms with E-state index in [9.17, 15) is 0 Å². The number of hydrogen-bond donors (Lipinski definition) is 1. The van der Waals surface area contributed by atoms with E-state index in [1.165, 1.54) is 0 Å². The summed E-state index contributed by atoms with van der Waals surface area (Å²) in [5, 5.41) is 0. The van der Waals surface area contributed by atoms with Gasteiger partial charge in [-0.05, 0) is 34.5 Å². The molecule has 2 N–H and O–H groups in total. The van der Waals surface area contributed by atoms with E-state index in [-0.39, 0.29) is 0 Å². The largest absolute Gasteiger partial charge is 0.453 e. The van der Waals surface area contributed by atoms with Crippen LogP contribution in [0.3, 0.4) is 0 Å². The standard InChI is InChI=1S/C9H14BrNOS/c1-2-7(11)5-13-6-8-3-4-9(10)12-8/h3-4,7H,2,5-6,11H2,1H3. The van der Waals surface area contributed by atoms with Crippen molar-refractivity contribution >= 4 is 27.7 Å². The van der Waals surface area contributed by atoms with E-state index in [4.69, 9.17) is 10.2 Å². The Kier molecular flexibility index (Phi) is 4.91. The molecule has 0 aliphatic rings. The average Bonchev–Trinajstić information content (AvgIpc) is 2.51. The second kappa shape index (κ2) is 5.73. The Morgan fingerprint density at radius 2 is 2.38 bits per heavy atom. The van der Waals surface area contributed by atoms with Crippen molar-refractivity contribution in [1.82, 2.24) is 0 Å². The lowest BCUT2D eigenvalue weighted by atomic mass is 10.3. The topological polar surface area (TPSA) is 39.2 Å². The Balaban J connectivity index is 2.20. The van der Waals surface area contributed by atoms with Gasteiger partial charge < -0.3 is 10.2 Å². The minimum Gasteiger partial charge on any atom is -0.453 e. The second-order valence-electron chi connectivity index (χ2n) is 2.89. The summed E-state index contributed by atoms with van der Waals surface area (Å²) in [5.41, 5.74) is 5.78. The van der Waals surface area contributed by atoms with Crippen LogP contribution in [-0.2, 0) is 5.75 Å². The van der Waals surface area contributed by atoms with Gasteiger partial charge in [-0.3, -0.25) is 0 Å². The van der Waals surface area contributed by atoms with Crippen molar-refractivity contribution in [1.29, 1.82) is 0 Å². The number of hydrogen-bond acceptors (Lipinski definition) is 3. The summed E-state index contributed by atoms with van der Waals surface area (Å²) in [6.07, 6.45) is 1.04. The van der Waals surface area contributed by atoms with Gasteiger partial charge in [0.1, 0.15) is 5.76 Å². The van der Waals surface area contributed by atoms with Crippen LogP contribution in [0.15, 0.2) is 21.2 Å². The SMILES string of the molecule is CCC(N)CSCc1ccc(Br)o1. The first-order valence-electron chi connectivity index (χ1n) is 4.30. The molecule has 1 rings (SSSR count). The first-order valence-corrected chi connectivity index (χ1v) is 6.24. The predicted molar refractivity (Wildman–Crippen MR) is 60.8 cm³/mol. The average molecular weight is 264 g/mol. The van der Waals surface area contributed by atoms with Crippen LogP contribution < -0.4 is 5.73 Å². The van der Waals surface area contributed by atoms with Crippen LogP contribution in [-0.4, -0.2) is 11.8 Å². The van der Waals surface area contributed by atoms with E-state index in [0.29, 0.717) is 6.04 Å². The van der Waals surface area contributed by atoms with Crippen LogP contribution in [0.25, 0.3) is 0 Å². The first kappa shape index (κ1) is 11.1. The molecule has 1 atom stereocenters. The molecule has 0 amide bonds. The Morgan fingerprint density at radius 1 is 1.62 bits per heavy atom. The van der Waals surface area contributed by atoms with Gasteiger partial charge in [-0.15, -0.1) is 0 Å². The molecular weight excluding hydrogens is 250 g/mol. The van der Waals surface area contributed by atoms with Gasteiger partial charge in [0.15, 0.2) is 4.67 Å². The fourth-order valence-electron chi connectivity index (χ4n) is 0.858. The van der Waals surface area contributed by atoms with Gasteiger partial charge in [0.05, 0.1) is 5.75 Å². The summed E-state index contributed by atoms with van der Waals surface area (Å²) in [7, 11) is 0. The molecule has 1 aromatic heterocycles. The van der Waals surface area contributed by atoms with E-state index in [2.05, 4.69) is 22.9 Å². The number of furan rings is 1. The smallest absolute Gasteiger partial charge is 0.169 e. The molecule has 1 aromatic rings. The van der Waals surface area contributed by atoms with E-state index in [1.54, 1.807) is 0 Å². The molecule has 0 saturated heterocycles. The molecule has 0 radical (unpaired) electrons. The van der Waals surface area contributed by atoms with Crippen LogP contribution in [0.4, 0.5) is 0 Å². The van der Waals surface area contributed by atoms with Gasteiger partial charge in [-0.2, -0.15) is 11.8 Å². The molecule has 4 heteroatoms. The van der Waals surface area contributed by atoms with Gasteiger partial charge >= 0.3 is 0 Å². The molecule has 0 aromatic carbocycles. The lowest BCUT2D eigenvalue weighted by Gasteiger charge is -2.06. The zero-order valence-corrected chi connectivity index (χ0v) is 10.0. The van der Waals surface area contributed by atoms with Crippen molar-refractivity contribution in [3.8, 4) is 0 Å². The molecule has 2 nitrogen and oxygen atoms in total. The number of rotatable bonds is 5. The zero-order valence-electron chi connectivity index (χ0n) is 7.63. The molecule has 0 aliphatic carbocycles. The maximum absolute atomic E-state index is 5.78. The van der Waals surface area contributed by atoms with E-state index < -0.39 is 0 Å². The first-order chi connectivity index (χ1) is 6.22. The van der Waals surface area contributed by atoms with E-state index in [0.717, 1.165) is 28.4 Å². The summed E-state index contributed by atoms with van der Waals surface area (Å²) >= 11 is 5.08. The van der Waals surface area contributed by atoms with Gasteiger partial charge in [0, 0.05) is 11.8 Å². The lowest BCUT2D eigenvalue weighted by molar-refractivity contribution is 0.506. The van der Waals surface area contributed by atoms with Crippen LogP contribution in [0.1, 0.15) is 19.1 Å². The minimum absolute atomic E-state index is 0.309. The number of nitrogens with two attached hydrogens (primary N) is 1. The third-order valence-electron chi connectivity index (χ3n) is 1.73. The Bertz CT molecular complexity index is 252. The normalized spacial score (nSPS) is 13.2. The van der Waals surface area contributed by atoms with E-state index >= 15 is 0 Å². The Hall–Kier alpha value is 0.0700. The van der Waals surface area contributed by atoms with E-state index in [1.807, 2.05) is 23.9 Å². The van der Waals surface area contributed by atoms with Crippen molar-refractivity contribution in [2.75, 3.05) is 5.75 Å². The van der Waals surface area contributed by atoms with Crippen molar-refractivity contribution in [2.24, 2.45) is 5.73 Å². The molecule has 0 aliphatic heterocycles. The third kappa shape index (κ3) is 4.20. The highest BCUT2D eigenvalue weighted by atomic mass is 79.9. The molecule has 74 valence electrons. The van der Waals surface area contributed by atoms with Crippen molar-refractivity contribution in [2.45, 2.75) is 25.1 Å². The summed E-state index contributed by atoms with van der Waals surface area (Å²) < 4.78 is 6.15. The highest BCUT2D eigenvalue weighted by Gasteiger charge is 2.02. The van der Waals surface area contributed by atoms with Gasteiger partial charge in [-0.1, -0.05) is 6.92 Å². The molecule has 0 saturated carbocycles. The minimum atomic E-state index is 0.309. The fraction of sp³-hybridized carbons (Fsp3) is 0.556. The van der Waals surface area contributed by atoms with Crippen LogP contribution in [0, 0.1) is 0 Å². The summed E-state index contributed by atoms with van der Waals surface area (Å²) in [6.45, 7) is 2.11. The summed E-state index contributed by atoms with van der Waals surface area (Å²) in [5.74, 6) is 2.90. The summed E-state index contributed by atoms with van der Waals surface area (Å²) in [6, 6.07) is 4.20.